The third kappa shape index (κ3) is 4.45. The van der Waals surface area contributed by atoms with Crippen LogP contribution < -0.4 is 5.32 Å². The molecule has 5 heteroatoms. The van der Waals surface area contributed by atoms with Gasteiger partial charge in [-0.25, -0.2) is 0 Å². The highest BCUT2D eigenvalue weighted by molar-refractivity contribution is 5.27. The summed E-state index contributed by atoms with van der Waals surface area (Å²) in [6.07, 6.45) is -0.659. The molecule has 0 heterocycles. The van der Waals surface area contributed by atoms with Gasteiger partial charge in [0.2, 0.25) is 0 Å². The number of benzene rings is 1. The molecule has 0 saturated heterocycles. The van der Waals surface area contributed by atoms with Gasteiger partial charge in [0.15, 0.2) is 0 Å². The summed E-state index contributed by atoms with van der Waals surface area (Å²) in [6.45, 7) is 2.46. The molecule has 1 aromatic carbocycles. The van der Waals surface area contributed by atoms with Crippen LogP contribution in [0.15, 0.2) is 24.3 Å². The van der Waals surface area contributed by atoms with Crippen molar-refractivity contribution in [3.8, 4) is 0 Å². The van der Waals surface area contributed by atoms with Crippen LogP contribution in [0.25, 0.3) is 0 Å². The highest BCUT2D eigenvalue weighted by Gasteiger charge is 2.31. The van der Waals surface area contributed by atoms with Crippen LogP contribution in [0.3, 0.4) is 0 Å². The Morgan fingerprint density at radius 1 is 1.29 bits per heavy atom. The summed E-state index contributed by atoms with van der Waals surface area (Å²) in [4.78, 5) is 0. The number of halogens is 3. The van der Waals surface area contributed by atoms with Gasteiger partial charge in [0.25, 0.3) is 0 Å². The molecule has 1 aromatic rings. The van der Waals surface area contributed by atoms with Crippen LogP contribution in [-0.2, 0) is 6.18 Å². The van der Waals surface area contributed by atoms with Gasteiger partial charge in [-0.05, 0) is 36.5 Å². The Labute approximate surface area is 123 Å². The summed E-state index contributed by atoms with van der Waals surface area (Å²) in [6, 6.07) is 5.26. The molecule has 0 bridgehead atoms. The van der Waals surface area contributed by atoms with Gasteiger partial charge in [0, 0.05) is 12.6 Å². The molecule has 0 aromatic heterocycles. The zero-order chi connectivity index (χ0) is 15.5. The van der Waals surface area contributed by atoms with Crippen molar-refractivity contribution in [3.05, 3.63) is 35.4 Å². The van der Waals surface area contributed by atoms with E-state index >= 15 is 0 Å². The van der Waals surface area contributed by atoms with Crippen molar-refractivity contribution in [2.24, 2.45) is 5.92 Å². The molecule has 3 unspecified atom stereocenters. The first-order valence-corrected chi connectivity index (χ1v) is 7.46. The average molecular weight is 301 g/mol. The predicted molar refractivity (Wildman–Crippen MR) is 75.8 cm³/mol. The van der Waals surface area contributed by atoms with E-state index in [1.54, 1.807) is 0 Å². The summed E-state index contributed by atoms with van der Waals surface area (Å²) in [5.41, 5.74) is -0.411. The molecule has 2 N–H and O–H groups in total. The van der Waals surface area contributed by atoms with Crippen molar-refractivity contribution in [2.75, 3.05) is 6.54 Å². The fraction of sp³-hybridized carbons (Fsp3) is 0.625. The predicted octanol–water partition coefficient (Wildman–Crippen LogP) is 3.91. The zero-order valence-corrected chi connectivity index (χ0v) is 12.2. The number of hydrogen-bond donors (Lipinski definition) is 2. The fourth-order valence-corrected chi connectivity index (χ4v) is 2.92. The van der Waals surface area contributed by atoms with E-state index in [4.69, 9.17) is 0 Å². The van der Waals surface area contributed by atoms with Crippen molar-refractivity contribution in [1.29, 1.82) is 0 Å². The van der Waals surface area contributed by atoms with Crippen molar-refractivity contribution < 1.29 is 18.3 Å². The highest BCUT2D eigenvalue weighted by atomic mass is 19.4. The number of rotatable bonds is 4. The summed E-state index contributed by atoms with van der Waals surface area (Å²) in [5.74, 6) is 0.549. The molecular formula is C16H22F3NO. The van der Waals surface area contributed by atoms with Crippen LogP contribution in [0.5, 0.6) is 0 Å². The first kappa shape index (κ1) is 16.3. The SMILES string of the molecule is CC1CCCCC1NCC(O)c1cccc(C(F)(F)F)c1. The molecule has 1 fully saturated rings. The van der Waals surface area contributed by atoms with Crippen LogP contribution in [0.2, 0.25) is 0 Å². The molecule has 0 radical (unpaired) electrons. The molecule has 0 aliphatic heterocycles. The second-order valence-electron chi connectivity index (χ2n) is 5.92. The van der Waals surface area contributed by atoms with Crippen molar-refractivity contribution >= 4 is 0 Å². The van der Waals surface area contributed by atoms with Crippen LogP contribution in [0.1, 0.15) is 49.8 Å². The lowest BCUT2D eigenvalue weighted by Gasteiger charge is -2.30. The van der Waals surface area contributed by atoms with Crippen LogP contribution in [0, 0.1) is 5.92 Å². The first-order chi connectivity index (χ1) is 9.88. The monoisotopic (exact) mass is 301 g/mol. The van der Waals surface area contributed by atoms with Crippen LogP contribution >= 0.6 is 0 Å². The molecule has 118 valence electrons. The standard InChI is InChI=1S/C16H22F3NO/c1-11-5-2-3-8-14(11)20-10-15(21)12-6-4-7-13(9-12)16(17,18)19/h4,6-7,9,11,14-15,20-21H,2-3,5,8,10H2,1H3. The topological polar surface area (TPSA) is 32.3 Å². The van der Waals surface area contributed by atoms with Gasteiger partial charge in [-0.1, -0.05) is 31.9 Å². The second-order valence-corrected chi connectivity index (χ2v) is 5.92. The Morgan fingerprint density at radius 3 is 2.67 bits per heavy atom. The normalized spacial score (nSPS) is 24.8. The Morgan fingerprint density at radius 2 is 2.00 bits per heavy atom. The zero-order valence-electron chi connectivity index (χ0n) is 12.2. The third-order valence-corrected chi connectivity index (χ3v) is 4.28. The Hall–Kier alpha value is -1.07. The summed E-state index contributed by atoms with van der Waals surface area (Å²) < 4.78 is 38.0. The molecular weight excluding hydrogens is 279 g/mol. The molecule has 1 aliphatic rings. The number of aliphatic hydroxyl groups is 1. The first-order valence-electron chi connectivity index (χ1n) is 7.46. The number of nitrogens with one attached hydrogen (secondary N) is 1. The summed E-state index contributed by atoms with van der Waals surface area (Å²) in [7, 11) is 0. The average Bonchev–Trinajstić information content (AvgIpc) is 2.45. The van der Waals surface area contributed by atoms with E-state index in [-0.39, 0.29) is 6.54 Å². The molecule has 1 saturated carbocycles. The maximum absolute atomic E-state index is 12.7. The van der Waals surface area contributed by atoms with E-state index in [1.165, 1.54) is 25.0 Å². The van der Waals surface area contributed by atoms with Crippen molar-refractivity contribution in [3.63, 3.8) is 0 Å². The molecule has 2 rings (SSSR count). The van der Waals surface area contributed by atoms with Gasteiger partial charge in [0.05, 0.1) is 11.7 Å². The number of alkyl halides is 3. The number of hydrogen-bond acceptors (Lipinski definition) is 2. The van der Waals surface area contributed by atoms with Gasteiger partial charge in [-0.15, -0.1) is 0 Å². The largest absolute Gasteiger partial charge is 0.416 e. The molecule has 0 amide bonds. The van der Waals surface area contributed by atoms with Gasteiger partial charge >= 0.3 is 6.18 Å². The van der Waals surface area contributed by atoms with E-state index < -0.39 is 17.8 Å². The van der Waals surface area contributed by atoms with Gasteiger partial charge < -0.3 is 10.4 Å². The Bertz CT molecular complexity index is 461. The van der Waals surface area contributed by atoms with Gasteiger partial charge in [-0.2, -0.15) is 13.2 Å². The minimum Gasteiger partial charge on any atom is -0.387 e. The van der Waals surface area contributed by atoms with E-state index in [9.17, 15) is 18.3 Å². The third-order valence-electron chi connectivity index (χ3n) is 4.28. The maximum Gasteiger partial charge on any atom is 0.416 e. The minimum atomic E-state index is -4.37. The summed E-state index contributed by atoms with van der Waals surface area (Å²) >= 11 is 0. The van der Waals surface area contributed by atoms with E-state index in [0.29, 0.717) is 17.5 Å². The molecule has 21 heavy (non-hydrogen) atoms. The molecule has 3 atom stereocenters. The lowest BCUT2D eigenvalue weighted by molar-refractivity contribution is -0.137. The van der Waals surface area contributed by atoms with E-state index in [2.05, 4.69) is 12.2 Å². The van der Waals surface area contributed by atoms with Gasteiger partial charge in [0.1, 0.15) is 0 Å². The highest BCUT2D eigenvalue weighted by Crippen LogP contribution is 2.31. The minimum absolute atomic E-state index is 0.288. The lowest BCUT2D eigenvalue weighted by atomic mass is 9.86. The molecule has 0 spiro atoms. The summed E-state index contributed by atoms with van der Waals surface area (Å²) in [5, 5.41) is 13.4. The van der Waals surface area contributed by atoms with Crippen LogP contribution in [0.4, 0.5) is 13.2 Å². The Kier molecular flexibility index (Phi) is 5.27. The van der Waals surface area contributed by atoms with E-state index in [0.717, 1.165) is 25.0 Å². The fourth-order valence-electron chi connectivity index (χ4n) is 2.92. The molecule has 2 nitrogen and oxygen atoms in total. The molecule has 1 aliphatic carbocycles. The lowest BCUT2D eigenvalue weighted by Crippen LogP contribution is -2.39. The smallest absolute Gasteiger partial charge is 0.387 e. The second kappa shape index (κ2) is 6.79. The van der Waals surface area contributed by atoms with E-state index in [1.807, 2.05) is 0 Å². The van der Waals surface area contributed by atoms with Crippen molar-refractivity contribution in [2.45, 2.75) is 50.9 Å². The van der Waals surface area contributed by atoms with Crippen LogP contribution in [-0.4, -0.2) is 17.7 Å². The number of aliphatic hydroxyl groups excluding tert-OH is 1. The Balaban J connectivity index is 1.95. The van der Waals surface area contributed by atoms with Crippen molar-refractivity contribution in [1.82, 2.24) is 5.32 Å². The van der Waals surface area contributed by atoms with Gasteiger partial charge in [-0.3, -0.25) is 0 Å². The quantitative estimate of drug-likeness (QED) is 0.884. The maximum atomic E-state index is 12.7.